The third-order valence-electron chi connectivity index (χ3n) is 6.89. The molecule has 0 unspecified atom stereocenters. The van der Waals surface area contributed by atoms with Gasteiger partial charge in [-0.25, -0.2) is 9.97 Å². The SMILES string of the molecule is COc1ccnc(N2CCN(c3nc(NCc4nc5ccccc5[nH]4)cc(Oc4cc(OC)c(OC)cc4Cl)n3)CC2)n1. The van der Waals surface area contributed by atoms with Gasteiger partial charge in [0.2, 0.25) is 23.7 Å². The smallest absolute Gasteiger partial charge is 0.230 e. The van der Waals surface area contributed by atoms with E-state index in [2.05, 4.69) is 35.1 Å². The molecule has 1 aliphatic rings. The lowest BCUT2D eigenvalue weighted by atomic mass is 10.3. The Bertz CT molecular complexity index is 1690. The Morgan fingerprint density at radius 1 is 0.791 bits per heavy atom. The lowest BCUT2D eigenvalue weighted by Crippen LogP contribution is -2.47. The minimum absolute atomic E-state index is 0.310. The minimum atomic E-state index is 0.310. The van der Waals surface area contributed by atoms with E-state index in [1.807, 2.05) is 24.3 Å². The first-order chi connectivity index (χ1) is 21.0. The first-order valence-corrected chi connectivity index (χ1v) is 13.9. The molecule has 1 fully saturated rings. The number of benzene rings is 2. The molecule has 0 aliphatic carbocycles. The van der Waals surface area contributed by atoms with Crippen LogP contribution in [0.5, 0.6) is 29.0 Å². The molecular formula is C29H30ClN9O4. The monoisotopic (exact) mass is 603 g/mol. The molecule has 0 radical (unpaired) electrons. The fourth-order valence-corrected chi connectivity index (χ4v) is 4.88. The number of imidazole rings is 1. The standard InChI is InChI=1S/C29H30ClN9O4/c1-40-22-14-18(30)21(15-23(22)41-2)43-27-16-24(32-17-25-33-19-6-4-5-7-20(19)34-25)35-29(37-27)39-12-10-38(11-13-39)28-31-9-8-26(36-28)42-3/h4-9,14-16H,10-13,17H2,1-3H3,(H,33,34)(H,32,35,37). The molecule has 0 saturated carbocycles. The molecule has 6 rings (SSSR count). The van der Waals surface area contributed by atoms with E-state index >= 15 is 0 Å². The number of anilines is 3. The van der Waals surface area contributed by atoms with Crippen molar-refractivity contribution in [1.29, 1.82) is 0 Å². The summed E-state index contributed by atoms with van der Waals surface area (Å²) < 4.78 is 22.2. The number of para-hydroxylation sites is 2. The van der Waals surface area contributed by atoms with Crippen molar-refractivity contribution in [1.82, 2.24) is 29.9 Å². The van der Waals surface area contributed by atoms with Crippen LogP contribution in [-0.2, 0) is 6.54 Å². The fourth-order valence-electron chi connectivity index (χ4n) is 4.69. The van der Waals surface area contributed by atoms with Crippen LogP contribution in [0.1, 0.15) is 5.82 Å². The van der Waals surface area contributed by atoms with Gasteiger partial charge in [0, 0.05) is 56.6 Å². The molecule has 222 valence electrons. The second-order valence-electron chi connectivity index (χ2n) is 9.56. The van der Waals surface area contributed by atoms with Gasteiger partial charge < -0.3 is 39.0 Å². The van der Waals surface area contributed by atoms with Crippen LogP contribution in [0.3, 0.4) is 0 Å². The van der Waals surface area contributed by atoms with Gasteiger partial charge in [0.05, 0.1) is 43.9 Å². The second kappa shape index (κ2) is 12.4. The normalized spacial score (nSPS) is 13.2. The topological polar surface area (TPSA) is 136 Å². The maximum Gasteiger partial charge on any atom is 0.230 e. The molecule has 0 atom stereocenters. The molecule has 4 heterocycles. The van der Waals surface area contributed by atoms with E-state index < -0.39 is 0 Å². The average molecular weight is 604 g/mol. The van der Waals surface area contributed by atoms with Gasteiger partial charge in [-0.05, 0) is 12.1 Å². The summed E-state index contributed by atoms with van der Waals surface area (Å²) >= 11 is 6.52. The van der Waals surface area contributed by atoms with Crippen molar-refractivity contribution in [3.05, 3.63) is 65.6 Å². The highest BCUT2D eigenvalue weighted by Gasteiger charge is 2.23. The quantitative estimate of drug-likeness (QED) is 0.232. The summed E-state index contributed by atoms with van der Waals surface area (Å²) in [7, 11) is 4.69. The second-order valence-corrected chi connectivity index (χ2v) is 9.97. The zero-order valence-corrected chi connectivity index (χ0v) is 24.6. The van der Waals surface area contributed by atoms with Crippen molar-refractivity contribution < 1.29 is 18.9 Å². The maximum atomic E-state index is 6.52. The van der Waals surface area contributed by atoms with Crippen molar-refractivity contribution in [2.75, 3.05) is 62.6 Å². The first-order valence-electron chi connectivity index (χ1n) is 13.6. The van der Waals surface area contributed by atoms with Crippen LogP contribution in [0.4, 0.5) is 17.7 Å². The van der Waals surface area contributed by atoms with Crippen molar-refractivity contribution in [3.63, 3.8) is 0 Å². The predicted molar refractivity (Wildman–Crippen MR) is 163 cm³/mol. The lowest BCUT2D eigenvalue weighted by molar-refractivity contribution is 0.351. The number of rotatable bonds is 10. The number of ether oxygens (including phenoxy) is 4. The third kappa shape index (κ3) is 6.26. The highest BCUT2D eigenvalue weighted by molar-refractivity contribution is 6.32. The van der Waals surface area contributed by atoms with Crippen molar-refractivity contribution in [3.8, 4) is 29.0 Å². The molecule has 14 heteroatoms. The lowest BCUT2D eigenvalue weighted by Gasteiger charge is -2.34. The molecule has 13 nitrogen and oxygen atoms in total. The van der Waals surface area contributed by atoms with E-state index in [0.717, 1.165) is 16.9 Å². The number of aromatic amines is 1. The Hall–Kier alpha value is -5.04. The molecule has 43 heavy (non-hydrogen) atoms. The molecule has 1 saturated heterocycles. The number of piperazine rings is 1. The highest BCUT2D eigenvalue weighted by Crippen LogP contribution is 2.39. The number of H-pyrrole nitrogens is 1. The number of methoxy groups -OCH3 is 3. The molecule has 3 aromatic heterocycles. The average Bonchev–Trinajstić information content (AvgIpc) is 3.48. The van der Waals surface area contributed by atoms with Crippen LogP contribution in [-0.4, -0.2) is 77.4 Å². The molecule has 5 aromatic rings. The number of hydrogen-bond acceptors (Lipinski definition) is 12. The number of fused-ring (bicyclic) bond motifs is 1. The van der Waals surface area contributed by atoms with Gasteiger partial charge in [-0.15, -0.1) is 0 Å². The van der Waals surface area contributed by atoms with Gasteiger partial charge in [-0.1, -0.05) is 23.7 Å². The molecule has 1 aliphatic heterocycles. The highest BCUT2D eigenvalue weighted by atomic mass is 35.5. The van der Waals surface area contributed by atoms with Crippen LogP contribution in [0.25, 0.3) is 11.0 Å². The molecule has 2 aromatic carbocycles. The first kappa shape index (κ1) is 28.1. The number of nitrogens with one attached hydrogen (secondary N) is 2. The van der Waals surface area contributed by atoms with Crippen LogP contribution >= 0.6 is 11.6 Å². The Kier molecular flexibility index (Phi) is 8.13. The number of halogens is 1. The summed E-state index contributed by atoms with van der Waals surface area (Å²) in [6.07, 6.45) is 1.69. The van der Waals surface area contributed by atoms with Crippen LogP contribution < -0.4 is 34.1 Å². The van der Waals surface area contributed by atoms with Gasteiger partial charge in [-0.3, -0.25) is 0 Å². The van der Waals surface area contributed by atoms with Crippen molar-refractivity contribution >= 4 is 40.3 Å². The summed E-state index contributed by atoms with van der Waals surface area (Å²) in [6, 6.07) is 14.6. The summed E-state index contributed by atoms with van der Waals surface area (Å²) in [5.74, 6) is 4.64. The zero-order valence-electron chi connectivity index (χ0n) is 23.9. The van der Waals surface area contributed by atoms with Crippen molar-refractivity contribution in [2.24, 2.45) is 0 Å². The summed E-state index contributed by atoms with van der Waals surface area (Å²) in [4.78, 5) is 30.6. The molecule has 0 bridgehead atoms. The van der Waals surface area contributed by atoms with E-state index in [0.29, 0.717) is 84.5 Å². The summed E-state index contributed by atoms with van der Waals surface area (Å²) in [6.45, 7) is 3.05. The van der Waals surface area contributed by atoms with E-state index in [9.17, 15) is 0 Å². The zero-order chi connectivity index (χ0) is 29.8. The van der Waals surface area contributed by atoms with Gasteiger partial charge in [0.1, 0.15) is 11.6 Å². The predicted octanol–water partition coefficient (Wildman–Crippen LogP) is 4.55. The number of aromatic nitrogens is 6. The van der Waals surface area contributed by atoms with E-state index in [-0.39, 0.29) is 0 Å². The fraction of sp³-hybridized carbons (Fsp3) is 0.276. The Morgan fingerprint density at radius 3 is 2.26 bits per heavy atom. The van der Waals surface area contributed by atoms with E-state index in [4.69, 9.17) is 40.5 Å². The van der Waals surface area contributed by atoms with Gasteiger partial charge >= 0.3 is 0 Å². The third-order valence-corrected chi connectivity index (χ3v) is 7.19. The maximum absolute atomic E-state index is 6.52. The van der Waals surface area contributed by atoms with E-state index in [1.54, 1.807) is 51.8 Å². The van der Waals surface area contributed by atoms with Crippen molar-refractivity contribution in [2.45, 2.75) is 6.54 Å². The summed E-state index contributed by atoms with van der Waals surface area (Å²) in [5.41, 5.74) is 1.86. The molecular weight excluding hydrogens is 574 g/mol. The molecule has 2 N–H and O–H groups in total. The summed E-state index contributed by atoms with van der Waals surface area (Å²) in [5, 5.41) is 3.71. The Morgan fingerprint density at radius 2 is 1.51 bits per heavy atom. The number of nitrogens with zero attached hydrogens (tertiary/aromatic N) is 7. The van der Waals surface area contributed by atoms with Gasteiger partial charge in [0.15, 0.2) is 17.2 Å². The van der Waals surface area contributed by atoms with Crippen LogP contribution in [0.2, 0.25) is 5.02 Å². The van der Waals surface area contributed by atoms with E-state index in [1.165, 1.54) is 0 Å². The molecule has 0 spiro atoms. The minimum Gasteiger partial charge on any atom is -0.493 e. The molecule has 0 amide bonds. The Balaban J connectivity index is 1.25. The van der Waals surface area contributed by atoms with Gasteiger partial charge in [-0.2, -0.15) is 15.0 Å². The van der Waals surface area contributed by atoms with Crippen LogP contribution in [0, 0.1) is 0 Å². The van der Waals surface area contributed by atoms with Gasteiger partial charge in [0.25, 0.3) is 0 Å². The largest absolute Gasteiger partial charge is 0.493 e. The Labute approximate surface area is 252 Å². The van der Waals surface area contributed by atoms with Crippen LogP contribution in [0.15, 0.2) is 54.7 Å². The number of hydrogen-bond donors (Lipinski definition) is 2.